The summed E-state index contributed by atoms with van der Waals surface area (Å²) in [4.78, 5) is 28.4. The zero-order chi connectivity index (χ0) is 18.1. The molecular formula is C20H20N2O4. The summed E-state index contributed by atoms with van der Waals surface area (Å²) in [5, 5.41) is 10.5. The number of hydrogen-bond acceptors (Lipinski definition) is 4. The van der Waals surface area contributed by atoms with Gasteiger partial charge < -0.3 is 19.6 Å². The molecule has 2 aliphatic rings. The third-order valence-corrected chi connectivity index (χ3v) is 4.85. The van der Waals surface area contributed by atoms with Gasteiger partial charge in [0.1, 0.15) is 0 Å². The Morgan fingerprint density at radius 1 is 1.12 bits per heavy atom. The van der Waals surface area contributed by atoms with Crippen LogP contribution in [0.4, 0.5) is 0 Å². The maximum absolute atomic E-state index is 12.6. The van der Waals surface area contributed by atoms with Gasteiger partial charge in [0.2, 0.25) is 0 Å². The van der Waals surface area contributed by atoms with Gasteiger partial charge in [0, 0.05) is 36.3 Å². The van der Waals surface area contributed by atoms with Crippen LogP contribution in [0, 0.1) is 0 Å². The Morgan fingerprint density at radius 3 is 2.65 bits per heavy atom. The first-order chi connectivity index (χ1) is 12.6. The minimum atomic E-state index is -0.961. The van der Waals surface area contributed by atoms with Gasteiger partial charge in [0.25, 0.3) is 11.8 Å². The Balaban J connectivity index is 1.53. The highest BCUT2D eigenvalue weighted by Crippen LogP contribution is 2.32. The number of rotatable bonds is 3. The van der Waals surface area contributed by atoms with Crippen LogP contribution in [-0.2, 0) is 11.3 Å². The number of hydrogen-bond donors (Lipinski definition) is 1. The van der Waals surface area contributed by atoms with Gasteiger partial charge in [0.05, 0.1) is 13.2 Å². The molecule has 4 rings (SSSR count). The molecule has 6 heteroatoms. The average Bonchev–Trinajstić information content (AvgIpc) is 2.93. The molecule has 0 saturated carbocycles. The lowest BCUT2D eigenvalue weighted by atomic mass is 10.1. The minimum Gasteiger partial charge on any atom is -0.378 e. The number of aliphatic hydroxyl groups excluding tert-OH is 1. The zero-order valence-corrected chi connectivity index (χ0v) is 14.3. The van der Waals surface area contributed by atoms with Crippen molar-refractivity contribution in [2.45, 2.75) is 12.8 Å². The first-order valence-electron chi connectivity index (χ1n) is 8.69. The maximum atomic E-state index is 12.6. The predicted octanol–water partition coefficient (Wildman–Crippen LogP) is 1.81. The summed E-state index contributed by atoms with van der Waals surface area (Å²) in [6, 6.07) is 14.3. The molecule has 1 atom stereocenters. The first-order valence-corrected chi connectivity index (χ1v) is 8.69. The Hall–Kier alpha value is -2.70. The SMILES string of the molecule is O=C(c1cccc(CN2C(=O)c3ccccc3C2O)c1)N1CCOCC1. The van der Waals surface area contributed by atoms with Crippen LogP contribution in [0.5, 0.6) is 0 Å². The highest BCUT2D eigenvalue weighted by molar-refractivity contribution is 5.99. The molecule has 6 nitrogen and oxygen atoms in total. The molecule has 1 saturated heterocycles. The molecule has 26 heavy (non-hydrogen) atoms. The van der Waals surface area contributed by atoms with Gasteiger partial charge in [-0.1, -0.05) is 30.3 Å². The molecule has 0 aliphatic carbocycles. The second-order valence-electron chi connectivity index (χ2n) is 6.50. The number of aliphatic hydroxyl groups is 1. The van der Waals surface area contributed by atoms with Crippen molar-refractivity contribution in [1.82, 2.24) is 9.80 Å². The highest BCUT2D eigenvalue weighted by atomic mass is 16.5. The summed E-state index contributed by atoms with van der Waals surface area (Å²) in [6.07, 6.45) is -0.961. The van der Waals surface area contributed by atoms with E-state index in [1.807, 2.05) is 12.1 Å². The van der Waals surface area contributed by atoms with Gasteiger partial charge in [-0.05, 0) is 23.8 Å². The summed E-state index contributed by atoms with van der Waals surface area (Å²) in [7, 11) is 0. The largest absolute Gasteiger partial charge is 0.378 e. The number of morpholine rings is 1. The maximum Gasteiger partial charge on any atom is 0.256 e. The summed E-state index contributed by atoms with van der Waals surface area (Å²) < 4.78 is 5.29. The van der Waals surface area contributed by atoms with Crippen LogP contribution >= 0.6 is 0 Å². The van der Waals surface area contributed by atoms with Crippen molar-refractivity contribution < 1.29 is 19.4 Å². The van der Waals surface area contributed by atoms with Crippen molar-refractivity contribution in [2.75, 3.05) is 26.3 Å². The van der Waals surface area contributed by atoms with E-state index in [0.717, 1.165) is 5.56 Å². The monoisotopic (exact) mass is 352 g/mol. The topological polar surface area (TPSA) is 70.1 Å². The van der Waals surface area contributed by atoms with E-state index in [4.69, 9.17) is 4.74 Å². The zero-order valence-electron chi connectivity index (χ0n) is 14.3. The molecule has 1 fully saturated rings. The lowest BCUT2D eigenvalue weighted by Crippen LogP contribution is -2.40. The third kappa shape index (κ3) is 2.98. The van der Waals surface area contributed by atoms with E-state index in [0.29, 0.717) is 43.0 Å². The van der Waals surface area contributed by atoms with Crippen LogP contribution in [-0.4, -0.2) is 53.0 Å². The normalized spacial score (nSPS) is 19.6. The third-order valence-electron chi connectivity index (χ3n) is 4.85. The van der Waals surface area contributed by atoms with E-state index in [9.17, 15) is 14.7 Å². The molecule has 1 N–H and O–H groups in total. The molecule has 134 valence electrons. The lowest BCUT2D eigenvalue weighted by molar-refractivity contribution is 0.0137. The number of nitrogens with zero attached hydrogens (tertiary/aromatic N) is 2. The molecule has 1 unspecified atom stereocenters. The highest BCUT2D eigenvalue weighted by Gasteiger charge is 2.35. The molecule has 2 aliphatic heterocycles. The predicted molar refractivity (Wildman–Crippen MR) is 94.4 cm³/mol. The van der Waals surface area contributed by atoms with Gasteiger partial charge >= 0.3 is 0 Å². The van der Waals surface area contributed by atoms with Crippen molar-refractivity contribution in [1.29, 1.82) is 0 Å². The summed E-state index contributed by atoms with van der Waals surface area (Å²) in [5.41, 5.74) is 2.55. The fraction of sp³-hybridized carbons (Fsp3) is 0.300. The van der Waals surface area contributed by atoms with Crippen LogP contribution < -0.4 is 0 Å². The quantitative estimate of drug-likeness (QED) is 0.915. The van der Waals surface area contributed by atoms with Crippen LogP contribution in [0.2, 0.25) is 0 Å². The number of benzene rings is 2. The van der Waals surface area contributed by atoms with E-state index in [1.165, 1.54) is 4.90 Å². The lowest BCUT2D eigenvalue weighted by Gasteiger charge is -2.27. The second kappa shape index (κ2) is 6.90. The minimum absolute atomic E-state index is 0.0354. The molecular weight excluding hydrogens is 332 g/mol. The van der Waals surface area contributed by atoms with Gasteiger partial charge in [0.15, 0.2) is 6.23 Å². The Labute approximate surface area is 151 Å². The van der Waals surface area contributed by atoms with Gasteiger partial charge in [-0.15, -0.1) is 0 Å². The molecule has 2 aromatic rings. The molecule has 2 amide bonds. The van der Waals surface area contributed by atoms with Crippen molar-refractivity contribution in [2.24, 2.45) is 0 Å². The number of ether oxygens (including phenoxy) is 1. The molecule has 2 aromatic carbocycles. The molecule has 0 radical (unpaired) electrons. The average molecular weight is 352 g/mol. The van der Waals surface area contributed by atoms with E-state index < -0.39 is 6.23 Å². The number of fused-ring (bicyclic) bond motifs is 1. The Bertz CT molecular complexity index is 845. The molecule has 0 bridgehead atoms. The fourth-order valence-corrected chi connectivity index (χ4v) is 3.46. The summed E-state index contributed by atoms with van der Waals surface area (Å²) in [5.74, 6) is -0.232. The van der Waals surface area contributed by atoms with Crippen LogP contribution in [0.25, 0.3) is 0 Å². The Kier molecular flexibility index (Phi) is 4.44. The molecule has 2 heterocycles. The van der Waals surface area contributed by atoms with Crippen LogP contribution in [0.3, 0.4) is 0 Å². The van der Waals surface area contributed by atoms with E-state index in [1.54, 1.807) is 41.3 Å². The van der Waals surface area contributed by atoms with E-state index >= 15 is 0 Å². The Morgan fingerprint density at radius 2 is 1.88 bits per heavy atom. The fourth-order valence-electron chi connectivity index (χ4n) is 3.46. The molecule has 0 spiro atoms. The molecule has 0 aromatic heterocycles. The van der Waals surface area contributed by atoms with Crippen molar-refractivity contribution in [3.05, 3.63) is 70.8 Å². The van der Waals surface area contributed by atoms with Gasteiger partial charge in [-0.2, -0.15) is 0 Å². The standard InChI is InChI=1S/C20H20N2O4/c23-18(21-8-10-26-11-9-21)15-5-3-4-14(12-15)13-22-19(24)16-6-1-2-7-17(16)20(22)25/h1-7,12,19,24H,8-11,13H2. The number of carbonyl (C=O) groups excluding carboxylic acids is 2. The van der Waals surface area contributed by atoms with E-state index in [2.05, 4.69) is 0 Å². The van der Waals surface area contributed by atoms with E-state index in [-0.39, 0.29) is 18.4 Å². The van der Waals surface area contributed by atoms with Crippen molar-refractivity contribution in [3.63, 3.8) is 0 Å². The van der Waals surface area contributed by atoms with Gasteiger partial charge in [-0.25, -0.2) is 0 Å². The smallest absolute Gasteiger partial charge is 0.256 e. The van der Waals surface area contributed by atoms with Gasteiger partial charge in [-0.3, -0.25) is 9.59 Å². The van der Waals surface area contributed by atoms with Crippen molar-refractivity contribution in [3.8, 4) is 0 Å². The summed E-state index contributed by atoms with van der Waals surface area (Å²) in [6.45, 7) is 2.53. The van der Waals surface area contributed by atoms with Crippen molar-refractivity contribution >= 4 is 11.8 Å². The first kappa shape index (κ1) is 16.8. The van der Waals surface area contributed by atoms with Crippen LogP contribution in [0.15, 0.2) is 48.5 Å². The number of carbonyl (C=O) groups is 2. The van der Waals surface area contributed by atoms with Crippen LogP contribution in [0.1, 0.15) is 38.1 Å². The summed E-state index contributed by atoms with van der Waals surface area (Å²) >= 11 is 0. The number of amides is 2. The second-order valence-corrected chi connectivity index (χ2v) is 6.50.